The van der Waals surface area contributed by atoms with Crippen molar-refractivity contribution >= 4 is 17.4 Å². The molecule has 2 aliphatic rings. The van der Waals surface area contributed by atoms with Crippen molar-refractivity contribution in [1.82, 2.24) is 19.4 Å². The van der Waals surface area contributed by atoms with Crippen LogP contribution in [0.5, 0.6) is 0 Å². The summed E-state index contributed by atoms with van der Waals surface area (Å²) in [6.07, 6.45) is 1.80. The second-order valence-electron chi connectivity index (χ2n) is 6.76. The fraction of sp³-hybridized carbons (Fsp3) is 0.786. The van der Waals surface area contributed by atoms with Crippen LogP contribution in [0.3, 0.4) is 0 Å². The topological polar surface area (TPSA) is 67.8 Å². The van der Waals surface area contributed by atoms with Crippen molar-refractivity contribution in [3.05, 3.63) is 11.1 Å². The van der Waals surface area contributed by atoms with Crippen LogP contribution in [0.4, 0.5) is 0 Å². The average molecular weight is 326 g/mol. The molecule has 0 aliphatic carbocycles. The normalized spacial score (nSPS) is 23.5. The van der Waals surface area contributed by atoms with Crippen molar-refractivity contribution in [2.24, 2.45) is 0 Å². The van der Waals surface area contributed by atoms with Gasteiger partial charge in [0, 0.05) is 33.3 Å². The molecule has 3 heterocycles. The van der Waals surface area contributed by atoms with Gasteiger partial charge in [-0.2, -0.15) is 0 Å². The van der Waals surface area contributed by atoms with E-state index in [-0.39, 0.29) is 23.7 Å². The predicted octanol–water partition coefficient (Wildman–Crippen LogP) is 0.376. The highest BCUT2D eigenvalue weighted by Crippen LogP contribution is 2.36. The smallest absolute Gasteiger partial charge is 0.248 e. The number of carbonyl (C=O) groups is 1. The van der Waals surface area contributed by atoms with E-state index in [0.717, 1.165) is 24.5 Å². The molecule has 1 amide bonds. The minimum atomic E-state index is -0.334. The second-order valence-corrected chi connectivity index (χ2v) is 7.63. The fourth-order valence-corrected chi connectivity index (χ4v) is 3.96. The third-order valence-electron chi connectivity index (χ3n) is 3.97. The Morgan fingerprint density at radius 3 is 2.82 bits per heavy atom. The summed E-state index contributed by atoms with van der Waals surface area (Å²) in [4.78, 5) is 17.5. The third kappa shape index (κ3) is 3.29. The molecule has 1 aromatic heterocycles. The van der Waals surface area contributed by atoms with E-state index in [4.69, 9.17) is 9.47 Å². The maximum Gasteiger partial charge on any atom is 0.248 e. The number of likely N-dealkylation sites (tertiary alicyclic amines) is 1. The molecule has 2 fully saturated rings. The zero-order chi connectivity index (χ0) is 15.8. The number of morpholine rings is 1. The van der Waals surface area contributed by atoms with E-state index in [1.807, 2.05) is 18.7 Å². The summed E-state index contributed by atoms with van der Waals surface area (Å²) in [5.41, 5.74) is -0.594. The number of aromatic nitrogens is 2. The van der Waals surface area contributed by atoms with Gasteiger partial charge < -0.3 is 14.4 Å². The van der Waals surface area contributed by atoms with Gasteiger partial charge >= 0.3 is 0 Å². The van der Waals surface area contributed by atoms with Crippen LogP contribution in [0.25, 0.3) is 0 Å². The lowest BCUT2D eigenvalue weighted by atomic mass is 9.88. The van der Waals surface area contributed by atoms with E-state index in [1.54, 1.807) is 13.3 Å². The molecule has 0 aromatic carbocycles. The third-order valence-corrected chi connectivity index (χ3v) is 4.62. The van der Waals surface area contributed by atoms with Crippen molar-refractivity contribution in [3.63, 3.8) is 0 Å². The molecule has 0 bridgehead atoms. The fourth-order valence-electron chi connectivity index (χ4n) is 3.43. The van der Waals surface area contributed by atoms with Crippen molar-refractivity contribution in [2.75, 3.05) is 39.9 Å². The lowest BCUT2D eigenvalue weighted by Crippen LogP contribution is -2.73. The van der Waals surface area contributed by atoms with Crippen LogP contribution in [0.2, 0.25) is 0 Å². The highest BCUT2D eigenvalue weighted by atomic mass is 32.1. The molecular weight excluding hydrogens is 304 g/mol. The van der Waals surface area contributed by atoms with Gasteiger partial charge in [0.2, 0.25) is 5.91 Å². The zero-order valence-electron chi connectivity index (χ0n) is 13.2. The quantitative estimate of drug-likeness (QED) is 0.797. The van der Waals surface area contributed by atoms with Crippen molar-refractivity contribution in [3.8, 4) is 0 Å². The molecule has 0 saturated carbocycles. The summed E-state index contributed by atoms with van der Waals surface area (Å²) < 4.78 is 15.2. The SMILES string of the molecule is COCC(=O)N1CC(C)(C)OC2(CN(Cc3cnns3)C2)C1. The molecule has 1 spiro atoms. The van der Waals surface area contributed by atoms with Gasteiger partial charge in [0.1, 0.15) is 12.2 Å². The minimum absolute atomic E-state index is 0.0309. The molecule has 2 saturated heterocycles. The standard InChI is InChI=1S/C14H22N4O3S/c1-13(2)7-18(12(19)6-20-3)10-14(21-13)8-17(9-14)5-11-4-15-16-22-11/h4H,5-10H2,1-3H3. The molecule has 2 aliphatic heterocycles. The molecule has 1 aromatic rings. The van der Waals surface area contributed by atoms with Gasteiger partial charge in [-0.1, -0.05) is 4.49 Å². The van der Waals surface area contributed by atoms with E-state index in [0.29, 0.717) is 13.1 Å². The van der Waals surface area contributed by atoms with Gasteiger partial charge in [-0.25, -0.2) is 0 Å². The lowest BCUT2D eigenvalue weighted by Gasteiger charge is -2.58. The summed E-state index contributed by atoms with van der Waals surface area (Å²) in [6, 6.07) is 0. The summed E-state index contributed by atoms with van der Waals surface area (Å²) in [6.45, 7) is 7.94. The van der Waals surface area contributed by atoms with Gasteiger partial charge in [0.15, 0.2) is 0 Å². The Bertz CT molecular complexity index is 528. The Balaban J connectivity index is 1.62. The number of ether oxygens (including phenoxy) is 2. The number of hydrogen-bond acceptors (Lipinski definition) is 7. The minimum Gasteiger partial charge on any atom is -0.375 e. The second kappa shape index (κ2) is 5.84. The molecule has 122 valence electrons. The van der Waals surface area contributed by atoms with Gasteiger partial charge in [0.05, 0.1) is 23.2 Å². The maximum atomic E-state index is 12.2. The molecular formula is C14H22N4O3S. The van der Waals surface area contributed by atoms with Crippen molar-refractivity contribution in [2.45, 2.75) is 31.6 Å². The Labute approximate surface area is 134 Å². The Morgan fingerprint density at radius 2 is 2.18 bits per heavy atom. The molecule has 0 N–H and O–H groups in total. The molecule has 0 radical (unpaired) electrons. The molecule has 0 atom stereocenters. The number of amides is 1. The zero-order valence-corrected chi connectivity index (χ0v) is 14.1. The van der Waals surface area contributed by atoms with Crippen LogP contribution < -0.4 is 0 Å². The van der Waals surface area contributed by atoms with Crippen LogP contribution >= 0.6 is 11.5 Å². The first-order chi connectivity index (χ1) is 10.4. The number of carbonyl (C=O) groups excluding carboxylic acids is 1. The summed E-state index contributed by atoms with van der Waals surface area (Å²) in [5, 5.41) is 3.86. The number of rotatable bonds is 4. The lowest BCUT2D eigenvalue weighted by molar-refractivity contribution is -0.247. The highest BCUT2D eigenvalue weighted by molar-refractivity contribution is 7.05. The van der Waals surface area contributed by atoms with E-state index < -0.39 is 0 Å². The monoisotopic (exact) mass is 326 g/mol. The van der Waals surface area contributed by atoms with Crippen LogP contribution in [0.15, 0.2) is 6.20 Å². The molecule has 0 unspecified atom stereocenters. The van der Waals surface area contributed by atoms with Crippen LogP contribution in [0.1, 0.15) is 18.7 Å². The van der Waals surface area contributed by atoms with Gasteiger partial charge in [-0.15, -0.1) is 5.10 Å². The van der Waals surface area contributed by atoms with Crippen molar-refractivity contribution < 1.29 is 14.3 Å². The first-order valence-electron chi connectivity index (χ1n) is 7.37. The number of nitrogens with zero attached hydrogens (tertiary/aromatic N) is 4. The first kappa shape index (κ1) is 15.8. The van der Waals surface area contributed by atoms with E-state index in [1.165, 1.54) is 11.5 Å². The Kier molecular flexibility index (Phi) is 4.19. The van der Waals surface area contributed by atoms with Crippen LogP contribution in [-0.2, 0) is 20.8 Å². The largest absolute Gasteiger partial charge is 0.375 e. The van der Waals surface area contributed by atoms with E-state index >= 15 is 0 Å². The van der Waals surface area contributed by atoms with Gasteiger partial charge in [0.25, 0.3) is 0 Å². The maximum absolute atomic E-state index is 12.2. The van der Waals surface area contributed by atoms with Crippen molar-refractivity contribution in [1.29, 1.82) is 0 Å². The number of methoxy groups -OCH3 is 1. The molecule has 7 nitrogen and oxygen atoms in total. The molecule has 22 heavy (non-hydrogen) atoms. The predicted molar refractivity (Wildman–Crippen MR) is 81.5 cm³/mol. The molecule has 3 rings (SSSR count). The van der Waals surface area contributed by atoms with Gasteiger partial charge in [-0.3, -0.25) is 9.69 Å². The van der Waals surface area contributed by atoms with Crippen LogP contribution in [-0.4, -0.2) is 76.4 Å². The first-order valence-corrected chi connectivity index (χ1v) is 8.14. The van der Waals surface area contributed by atoms with Gasteiger partial charge in [-0.05, 0) is 25.4 Å². The average Bonchev–Trinajstić information content (AvgIpc) is 2.88. The summed E-state index contributed by atoms with van der Waals surface area (Å²) in [7, 11) is 1.55. The Morgan fingerprint density at radius 1 is 1.41 bits per heavy atom. The van der Waals surface area contributed by atoms with Crippen LogP contribution in [0, 0.1) is 0 Å². The van der Waals surface area contributed by atoms with E-state index in [9.17, 15) is 4.79 Å². The van der Waals surface area contributed by atoms with E-state index in [2.05, 4.69) is 14.5 Å². The Hall–Kier alpha value is -1.09. The highest BCUT2D eigenvalue weighted by Gasteiger charge is 2.52. The number of hydrogen-bond donors (Lipinski definition) is 0. The summed E-state index contributed by atoms with van der Waals surface area (Å²) >= 11 is 1.42. The molecule has 8 heteroatoms. The summed E-state index contributed by atoms with van der Waals surface area (Å²) in [5.74, 6) is 0.0309.